The maximum Gasteiger partial charge on any atom is 0.0991 e. The predicted octanol–water partition coefficient (Wildman–Crippen LogP) is 2.91. The van der Waals surface area contributed by atoms with Gasteiger partial charge in [0, 0.05) is 5.75 Å². The van der Waals surface area contributed by atoms with E-state index in [2.05, 4.69) is 0 Å². The van der Waals surface area contributed by atoms with Crippen LogP contribution in [0.15, 0.2) is 24.3 Å². The average molecular weight is 197 g/mol. The van der Waals surface area contributed by atoms with Crippen LogP contribution in [0.1, 0.15) is 11.1 Å². The summed E-state index contributed by atoms with van der Waals surface area (Å²) in [5, 5.41) is 8.51. The van der Waals surface area contributed by atoms with Crippen molar-refractivity contribution in [2.24, 2.45) is 0 Å². The third kappa shape index (κ3) is 2.78. The zero-order chi connectivity index (χ0) is 8.81. The van der Waals surface area contributed by atoms with E-state index in [0.717, 1.165) is 22.4 Å². The molecular formula is C8H7NOS2. The fourth-order valence-electron chi connectivity index (χ4n) is 0.770. The molecule has 12 heavy (non-hydrogen) atoms. The normalized spacial score (nSPS) is 9.33. The lowest BCUT2D eigenvalue weighted by atomic mass is 10.2. The quantitative estimate of drug-likeness (QED) is 0.597. The second-order valence-corrected chi connectivity index (χ2v) is 3.97. The number of benzene rings is 1. The van der Waals surface area contributed by atoms with E-state index in [1.165, 1.54) is 10.8 Å². The molecule has 0 saturated heterocycles. The summed E-state index contributed by atoms with van der Waals surface area (Å²) in [5.74, 6) is 0.757. The molecule has 0 aliphatic heterocycles. The number of hydrogen-bond donors (Lipinski definition) is 1. The Morgan fingerprint density at radius 1 is 1.33 bits per heavy atom. The Morgan fingerprint density at radius 2 is 2.00 bits per heavy atom. The molecule has 1 aromatic carbocycles. The molecule has 62 valence electrons. The van der Waals surface area contributed by atoms with E-state index in [1.807, 2.05) is 18.2 Å². The van der Waals surface area contributed by atoms with Gasteiger partial charge in [0.1, 0.15) is 0 Å². The van der Waals surface area contributed by atoms with E-state index in [4.69, 9.17) is 9.81 Å². The smallest absolute Gasteiger partial charge is 0.0991 e. The molecule has 0 aliphatic carbocycles. The summed E-state index contributed by atoms with van der Waals surface area (Å²) in [6.45, 7) is 0. The molecule has 4 heteroatoms. The number of rotatable bonds is 3. The van der Waals surface area contributed by atoms with Crippen molar-refractivity contribution in [3.05, 3.63) is 35.4 Å². The second-order valence-electron chi connectivity index (χ2n) is 2.15. The first-order chi connectivity index (χ1) is 5.86. The van der Waals surface area contributed by atoms with E-state index >= 15 is 0 Å². The van der Waals surface area contributed by atoms with Crippen molar-refractivity contribution in [1.82, 2.24) is 0 Å². The molecule has 0 amide bonds. The molecule has 0 atom stereocenters. The minimum atomic E-state index is 0.667. The van der Waals surface area contributed by atoms with Crippen LogP contribution in [0.4, 0.5) is 0 Å². The highest BCUT2D eigenvalue weighted by atomic mass is 33.1. The van der Waals surface area contributed by atoms with Crippen LogP contribution in [0.2, 0.25) is 0 Å². The summed E-state index contributed by atoms with van der Waals surface area (Å²) >= 11 is 0.758. The molecule has 1 aromatic rings. The maximum atomic E-state index is 8.51. The van der Waals surface area contributed by atoms with Crippen LogP contribution in [0.5, 0.6) is 0 Å². The summed E-state index contributed by atoms with van der Waals surface area (Å²) in [6, 6.07) is 9.38. The molecule has 1 N–H and O–H groups in total. The van der Waals surface area contributed by atoms with Gasteiger partial charge in [0.05, 0.1) is 22.7 Å². The first-order valence-electron chi connectivity index (χ1n) is 3.29. The zero-order valence-corrected chi connectivity index (χ0v) is 7.86. The van der Waals surface area contributed by atoms with Gasteiger partial charge in [0.15, 0.2) is 0 Å². The Morgan fingerprint density at radius 3 is 2.50 bits per heavy atom. The first-order valence-corrected chi connectivity index (χ1v) is 5.56. The van der Waals surface area contributed by atoms with Crippen molar-refractivity contribution in [3.8, 4) is 6.07 Å². The third-order valence-corrected chi connectivity index (χ3v) is 2.59. The standard InChI is InChI=1S/C8H7NOS2/c9-5-7-1-3-8(4-2-7)6-11-12-10/h1-4,10H,6H2. The molecule has 0 bridgehead atoms. The molecule has 0 spiro atoms. The highest BCUT2D eigenvalue weighted by Crippen LogP contribution is 2.22. The first kappa shape index (κ1) is 9.46. The third-order valence-electron chi connectivity index (χ3n) is 1.36. The van der Waals surface area contributed by atoms with Gasteiger partial charge < -0.3 is 4.55 Å². The van der Waals surface area contributed by atoms with Crippen molar-refractivity contribution in [2.75, 3.05) is 0 Å². The Kier molecular flexibility index (Phi) is 4.01. The lowest BCUT2D eigenvalue weighted by molar-refractivity contribution is 0.676. The molecule has 1 rings (SSSR count). The Labute approximate surface area is 79.2 Å². The van der Waals surface area contributed by atoms with Crippen molar-refractivity contribution < 1.29 is 4.55 Å². The van der Waals surface area contributed by atoms with Crippen LogP contribution < -0.4 is 0 Å². The van der Waals surface area contributed by atoms with Gasteiger partial charge in [-0.05, 0) is 17.7 Å². The van der Waals surface area contributed by atoms with Crippen LogP contribution in [-0.2, 0) is 5.75 Å². The Bertz CT molecular complexity index is 278. The van der Waals surface area contributed by atoms with Crippen molar-refractivity contribution in [1.29, 1.82) is 5.26 Å². The van der Waals surface area contributed by atoms with Gasteiger partial charge in [0.25, 0.3) is 0 Å². The molecule has 0 aliphatic rings. The van der Waals surface area contributed by atoms with Gasteiger partial charge in [-0.2, -0.15) is 5.26 Å². The van der Waals surface area contributed by atoms with Gasteiger partial charge in [-0.1, -0.05) is 22.9 Å². The summed E-state index contributed by atoms with van der Waals surface area (Å²) in [7, 11) is 1.36. The Hall–Kier alpha value is -0.630. The SMILES string of the molecule is N#Cc1ccc(CSSO)cc1. The lowest BCUT2D eigenvalue weighted by Crippen LogP contribution is -1.79. The van der Waals surface area contributed by atoms with Crippen molar-refractivity contribution in [3.63, 3.8) is 0 Å². The molecule has 0 heterocycles. The van der Waals surface area contributed by atoms with Crippen LogP contribution in [0, 0.1) is 11.3 Å². The summed E-state index contributed by atoms with van der Waals surface area (Å²) < 4.78 is 8.46. The molecule has 2 nitrogen and oxygen atoms in total. The molecule has 0 fully saturated rings. The van der Waals surface area contributed by atoms with Gasteiger partial charge in [-0.3, -0.25) is 0 Å². The van der Waals surface area contributed by atoms with E-state index in [-0.39, 0.29) is 0 Å². The second kappa shape index (κ2) is 5.09. The van der Waals surface area contributed by atoms with Crippen LogP contribution in [0.25, 0.3) is 0 Å². The van der Waals surface area contributed by atoms with Crippen LogP contribution in [0.3, 0.4) is 0 Å². The monoisotopic (exact) mass is 197 g/mol. The van der Waals surface area contributed by atoms with Crippen LogP contribution >= 0.6 is 21.9 Å². The average Bonchev–Trinajstić information content (AvgIpc) is 2.15. The number of hydrogen-bond acceptors (Lipinski definition) is 4. The highest BCUT2D eigenvalue weighted by Gasteiger charge is 1.93. The summed E-state index contributed by atoms with van der Waals surface area (Å²) in [4.78, 5) is 0. The number of nitrogens with zero attached hydrogens (tertiary/aromatic N) is 1. The van der Waals surface area contributed by atoms with Gasteiger partial charge in [-0.25, -0.2) is 0 Å². The zero-order valence-electron chi connectivity index (χ0n) is 6.23. The van der Waals surface area contributed by atoms with Gasteiger partial charge >= 0.3 is 0 Å². The van der Waals surface area contributed by atoms with Crippen molar-refractivity contribution in [2.45, 2.75) is 5.75 Å². The van der Waals surface area contributed by atoms with Crippen molar-refractivity contribution >= 4 is 21.9 Å². The summed E-state index contributed by atoms with van der Waals surface area (Å²) in [6.07, 6.45) is 0. The van der Waals surface area contributed by atoms with E-state index in [0.29, 0.717) is 5.56 Å². The maximum absolute atomic E-state index is 8.51. The Balaban J connectivity index is 2.60. The highest BCUT2D eigenvalue weighted by molar-refractivity contribution is 8.74. The molecular weight excluding hydrogens is 190 g/mol. The van der Waals surface area contributed by atoms with Gasteiger partial charge in [-0.15, -0.1) is 0 Å². The molecule has 0 radical (unpaired) electrons. The molecule has 0 unspecified atom stereocenters. The topological polar surface area (TPSA) is 44.0 Å². The minimum absolute atomic E-state index is 0.667. The van der Waals surface area contributed by atoms with E-state index in [1.54, 1.807) is 12.1 Å². The lowest BCUT2D eigenvalue weighted by Gasteiger charge is -1.96. The summed E-state index contributed by atoms with van der Waals surface area (Å²) in [5.41, 5.74) is 1.78. The van der Waals surface area contributed by atoms with E-state index in [9.17, 15) is 0 Å². The largest absolute Gasteiger partial charge is 0.321 e. The molecule has 0 aromatic heterocycles. The predicted molar refractivity (Wildman–Crippen MR) is 52.7 cm³/mol. The van der Waals surface area contributed by atoms with E-state index < -0.39 is 0 Å². The fourth-order valence-corrected chi connectivity index (χ4v) is 1.72. The van der Waals surface area contributed by atoms with Crippen LogP contribution in [-0.4, -0.2) is 4.55 Å². The molecule has 0 saturated carbocycles. The van der Waals surface area contributed by atoms with Gasteiger partial charge in [0.2, 0.25) is 0 Å². The number of nitriles is 1. The fraction of sp³-hybridized carbons (Fsp3) is 0.125. The minimum Gasteiger partial charge on any atom is -0.321 e.